The number of aromatic amines is 1. The molecule has 1 saturated heterocycles. The van der Waals surface area contributed by atoms with E-state index >= 15 is 0 Å². The highest BCUT2D eigenvalue weighted by Gasteiger charge is 2.22. The maximum absolute atomic E-state index is 12.3. The van der Waals surface area contributed by atoms with E-state index in [1.807, 2.05) is 0 Å². The second-order valence-electron chi connectivity index (χ2n) is 5.87. The Kier molecular flexibility index (Phi) is 6.65. The molecule has 0 aliphatic carbocycles. The number of nitrogens with one attached hydrogen (secondary N) is 3. The predicted octanol–water partition coefficient (Wildman–Crippen LogP) is 0.323. The van der Waals surface area contributed by atoms with Gasteiger partial charge >= 0.3 is 5.63 Å². The van der Waals surface area contributed by atoms with Crippen LogP contribution >= 0.6 is 12.4 Å². The Morgan fingerprint density at radius 3 is 2.96 bits per heavy atom. The van der Waals surface area contributed by atoms with Crippen LogP contribution in [0.15, 0.2) is 15.3 Å². The van der Waals surface area contributed by atoms with Crippen LogP contribution < -0.4 is 16.3 Å². The van der Waals surface area contributed by atoms with Crippen LogP contribution in [0, 0.1) is 6.92 Å². The second kappa shape index (κ2) is 8.72. The molecule has 0 bridgehead atoms. The van der Waals surface area contributed by atoms with Crippen molar-refractivity contribution in [1.29, 1.82) is 0 Å². The summed E-state index contributed by atoms with van der Waals surface area (Å²) in [6, 6.07) is 1.80. The number of rotatable bonds is 5. The van der Waals surface area contributed by atoms with Gasteiger partial charge in [-0.1, -0.05) is 5.21 Å². The third-order valence-corrected chi connectivity index (χ3v) is 4.12. The summed E-state index contributed by atoms with van der Waals surface area (Å²) in [4.78, 5) is 24.5. The van der Waals surface area contributed by atoms with Gasteiger partial charge in [0.25, 0.3) is 5.91 Å². The van der Waals surface area contributed by atoms with E-state index in [0.717, 1.165) is 25.9 Å². The summed E-state index contributed by atoms with van der Waals surface area (Å²) in [7, 11) is 0. The van der Waals surface area contributed by atoms with Crippen molar-refractivity contribution in [1.82, 2.24) is 31.3 Å². The third kappa shape index (κ3) is 4.64. The van der Waals surface area contributed by atoms with Gasteiger partial charge in [-0.3, -0.25) is 4.79 Å². The molecular weight excluding hydrogens is 348 g/mol. The van der Waals surface area contributed by atoms with Gasteiger partial charge in [-0.05, 0) is 37.9 Å². The van der Waals surface area contributed by atoms with Gasteiger partial charge in [0.15, 0.2) is 5.82 Å². The fourth-order valence-electron chi connectivity index (χ4n) is 2.87. The van der Waals surface area contributed by atoms with Crippen LogP contribution in [0.3, 0.4) is 0 Å². The van der Waals surface area contributed by atoms with Crippen LogP contribution in [-0.4, -0.2) is 46.2 Å². The van der Waals surface area contributed by atoms with Gasteiger partial charge in [-0.2, -0.15) is 5.21 Å². The van der Waals surface area contributed by atoms with Crippen molar-refractivity contribution >= 4 is 18.3 Å². The van der Waals surface area contributed by atoms with Gasteiger partial charge in [0.1, 0.15) is 11.3 Å². The number of tetrazole rings is 1. The molecule has 2 aromatic heterocycles. The number of nitrogens with zero attached hydrogens (tertiary/aromatic N) is 3. The summed E-state index contributed by atoms with van der Waals surface area (Å²) >= 11 is 0. The lowest BCUT2D eigenvalue weighted by molar-refractivity contribution is 0.0948. The number of H-pyrrole nitrogens is 1. The highest BCUT2D eigenvalue weighted by molar-refractivity contribution is 5.95. The van der Waals surface area contributed by atoms with Gasteiger partial charge in [-0.15, -0.1) is 22.6 Å². The minimum atomic E-state index is -0.590. The SMILES string of the molecule is Cc1cc(C2CCCNC2)oc(=O)c1C(=O)NCCc1nn[nH]n1.Cl. The van der Waals surface area contributed by atoms with Crippen molar-refractivity contribution in [3.63, 3.8) is 0 Å². The van der Waals surface area contributed by atoms with Gasteiger partial charge in [0.05, 0.1) is 0 Å². The van der Waals surface area contributed by atoms with Gasteiger partial charge in [0.2, 0.25) is 0 Å². The molecule has 10 heteroatoms. The van der Waals surface area contributed by atoms with Crippen molar-refractivity contribution in [2.45, 2.75) is 32.1 Å². The molecule has 1 unspecified atom stereocenters. The van der Waals surface area contributed by atoms with Gasteiger partial charge in [0, 0.05) is 25.4 Å². The molecule has 3 N–H and O–H groups in total. The summed E-state index contributed by atoms with van der Waals surface area (Å²) in [6.45, 7) is 3.84. The Bertz CT molecular complexity index is 755. The van der Waals surface area contributed by atoms with Crippen molar-refractivity contribution in [3.05, 3.63) is 39.2 Å². The van der Waals surface area contributed by atoms with E-state index in [1.165, 1.54) is 0 Å². The van der Waals surface area contributed by atoms with E-state index in [1.54, 1.807) is 13.0 Å². The number of piperidine rings is 1. The first-order valence-corrected chi connectivity index (χ1v) is 8.01. The number of halogens is 1. The number of aryl methyl sites for hydroxylation is 1. The maximum Gasteiger partial charge on any atom is 0.349 e. The van der Waals surface area contributed by atoms with Crippen LogP contribution in [-0.2, 0) is 6.42 Å². The highest BCUT2D eigenvalue weighted by Crippen LogP contribution is 2.23. The minimum Gasteiger partial charge on any atom is -0.427 e. The zero-order valence-corrected chi connectivity index (χ0v) is 14.7. The van der Waals surface area contributed by atoms with E-state index in [0.29, 0.717) is 30.1 Å². The normalized spacial score (nSPS) is 16.9. The molecule has 2 aromatic rings. The Balaban J connectivity index is 0.00000225. The number of carbonyl (C=O) groups excluding carboxylic acids is 1. The zero-order chi connectivity index (χ0) is 16.9. The van der Waals surface area contributed by atoms with Crippen molar-refractivity contribution < 1.29 is 9.21 Å². The summed E-state index contributed by atoms with van der Waals surface area (Å²) < 4.78 is 5.41. The molecule has 1 fully saturated rings. The van der Waals surface area contributed by atoms with E-state index in [2.05, 4.69) is 31.3 Å². The summed E-state index contributed by atoms with van der Waals surface area (Å²) in [6.07, 6.45) is 2.45. The molecule has 0 radical (unpaired) electrons. The maximum atomic E-state index is 12.3. The van der Waals surface area contributed by atoms with Gasteiger partial charge < -0.3 is 15.1 Å². The Labute approximate surface area is 150 Å². The second-order valence-corrected chi connectivity index (χ2v) is 5.87. The topological polar surface area (TPSA) is 126 Å². The quantitative estimate of drug-likeness (QED) is 0.693. The van der Waals surface area contributed by atoms with Crippen LogP contribution in [0.2, 0.25) is 0 Å². The Morgan fingerprint density at radius 1 is 1.48 bits per heavy atom. The standard InChI is InChI=1S/C15H20N6O3.ClH/c1-9-7-11(10-3-2-5-16-8-10)24-15(23)13(9)14(22)17-6-4-12-18-20-21-19-12;/h7,10,16H,2-6,8H2,1H3,(H,17,22)(H,18,19,20,21);1H. The molecule has 3 rings (SSSR count). The fourth-order valence-corrected chi connectivity index (χ4v) is 2.87. The molecule has 3 heterocycles. The number of amides is 1. The zero-order valence-electron chi connectivity index (χ0n) is 13.9. The average Bonchev–Trinajstić information content (AvgIpc) is 3.08. The average molecular weight is 369 g/mol. The van der Waals surface area contributed by atoms with Crippen LogP contribution in [0.1, 0.15) is 46.3 Å². The van der Waals surface area contributed by atoms with Crippen LogP contribution in [0.4, 0.5) is 0 Å². The lowest BCUT2D eigenvalue weighted by atomic mass is 9.95. The lowest BCUT2D eigenvalue weighted by Crippen LogP contribution is -2.32. The molecule has 9 nitrogen and oxygen atoms in total. The van der Waals surface area contributed by atoms with E-state index < -0.39 is 11.5 Å². The molecule has 1 amide bonds. The lowest BCUT2D eigenvalue weighted by Gasteiger charge is -2.22. The smallest absolute Gasteiger partial charge is 0.349 e. The predicted molar refractivity (Wildman–Crippen MR) is 92.0 cm³/mol. The number of hydrogen-bond acceptors (Lipinski definition) is 7. The van der Waals surface area contributed by atoms with Crippen LogP contribution in [0.25, 0.3) is 0 Å². The molecule has 136 valence electrons. The molecule has 0 saturated carbocycles. The molecule has 0 aromatic carbocycles. The molecular formula is C15H21ClN6O3. The number of hydrogen-bond donors (Lipinski definition) is 3. The molecule has 1 aliphatic heterocycles. The Morgan fingerprint density at radius 2 is 2.32 bits per heavy atom. The summed E-state index contributed by atoms with van der Waals surface area (Å²) in [5, 5.41) is 19.4. The first kappa shape index (κ1) is 19.1. The van der Waals surface area contributed by atoms with Crippen molar-refractivity contribution in [2.75, 3.05) is 19.6 Å². The Hall–Kier alpha value is -2.26. The highest BCUT2D eigenvalue weighted by atomic mass is 35.5. The molecule has 0 spiro atoms. The van der Waals surface area contributed by atoms with Crippen LogP contribution in [0.5, 0.6) is 0 Å². The molecule has 1 atom stereocenters. The summed E-state index contributed by atoms with van der Waals surface area (Å²) in [5.74, 6) is 0.880. The fraction of sp³-hybridized carbons (Fsp3) is 0.533. The van der Waals surface area contributed by atoms with Gasteiger partial charge in [-0.25, -0.2) is 4.79 Å². The largest absolute Gasteiger partial charge is 0.427 e. The molecule has 1 aliphatic rings. The van der Waals surface area contributed by atoms with E-state index in [-0.39, 0.29) is 23.9 Å². The van der Waals surface area contributed by atoms with E-state index in [4.69, 9.17) is 4.42 Å². The van der Waals surface area contributed by atoms with Crippen molar-refractivity contribution in [3.8, 4) is 0 Å². The minimum absolute atomic E-state index is 0. The van der Waals surface area contributed by atoms with E-state index in [9.17, 15) is 9.59 Å². The van der Waals surface area contributed by atoms with Crippen molar-refractivity contribution in [2.24, 2.45) is 0 Å². The number of carbonyl (C=O) groups is 1. The third-order valence-electron chi connectivity index (χ3n) is 4.12. The first-order valence-electron chi connectivity index (χ1n) is 8.01. The monoisotopic (exact) mass is 368 g/mol. The summed E-state index contributed by atoms with van der Waals surface area (Å²) in [5.41, 5.74) is 0.0900. The first-order chi connectivity index (χ1) is 11.6. The number of aromatic nitrogens is 4. The molecule has 25 heavy (non-hydrogen) atoms.